The molecular formula is C21H17ClN4O3. The first-order valence-corrected chi connectivity index (χ1v) is 9.50. The van der Waals surface area contributed by atoms with Crippen LogP contribution >= 0.6 is 11.6 Å². The van der Waals surface area contributed by atoms with E-state index in [1.54, 1.807) is 24.3 Å². The lowest BCUT2D eigenvalue weighted by molar-refractivity contribution is 0.0951. The van der Waals surface area contributed by atoms with E-state index in [1.165, 1.54) is 10.6 Å². The topological polar surface area (TPSA) is 78.4 Å². The smallest absolute Gasteiger partial charge is 0.304 e. The van der Waals surface area contributed by atoms with Crippen molar-refractivity contribution in [2.45, 2.75) is 19.9 Å². The molecule has 4 aromatic rings. The molecule has 29 heavy (non-hydrogen) atoms. The van der Waals surface area contributed by atoms with E-state index >= 15 is 0 Å². The highest BCUT2D eigenvalue weighted by molar-refractivity contribution is 6.31. The predicted octanol–water partition coefficient (Wildman–Crippen LogP) is 3.23. The molecule has 146 valence electrons. The molecule has 0 bridgehead atoms. The second kappa shape index (κ2) is 7.52. The molecule has 0 unspecified atom stereocenters. The summed E-state index contributed by atoms with van der Waals surface area (Å²) in [6.45, 7) is 2.38. The van der Waals surface area contributed by atoms with Crippen molar-refractivity contribution >= 4 is 40.3 Å². The van der Waals surface area contributed by atoms with E-state index < -0.39 is 17.2 Å². The highest BCUT2D eigenvalue weighted by Crippen LogP contribution is 2.18. The molecule has 0 amide bonds. The summed E-state index contributed by atoms with van der Waals surface area (Å²) in [7, 11) is 0. The maximum absolute atomic E-state index is 13.0. The number of carbonyl (C=O) groups is 1. The van der Waals surface area contributed by atoms with Crippen molar-refractivity contribution in [1.29, 1.82) is 0 Å². The fourth-order valence-electron chi connectivity index (χ4n) is 3.25. The molecule has 0 fully saturated rings. The number of allylic oxidation sites excluding steroid dienone is 1. The summed E-state index contributed by atoms with van der Waals surface area (Å²) < 4.78 is 3.40. The van der Waals surface area contributed by atoms with Crippen molar-refractivity contribution in [3.05, 3.63) is 86.0 Å². The lowest BCUT2D eigenvalue weighted by Crippen LogP contribution is -2.28. The first-order chi connectivity index (χ1) is 14.0. The van der Waals surface area contributed by atoms with Crippen molar-refractivity contribution in [2.75, 3.05) is 0 Å². The third kappa shape index (κ3) is 3.30. The third-order valence-electron chi connectivity index (χ3n) is 4.56. The standard InChI is InChI=1S/C21H17ClN4O3/c1-2-12-24-17-13-15(22)9-10-16(17)25-19(20(24)28)23-26(21(25)29)18(27)11-8-14-6-4-3-5-7-14/h3-11,13H,2,12H2,1H3/b11-8+. The summed E-state index contributed by atoms with van der Waals surface area (Å²) >= 11 is 6.10. The van der Waals surface area contributed by atoms with Crippen LogP contribution in [0.25, 0.3) is 22.8 Å². The van der Waals surface area contributed by atoms with Gasteiger partial charge in [0, 0.05) is 17.6 Å². The lowest BCUT2D eigenvalue weighted by atomic mass is 10.2. The number of hydrogen-bond donors (Lipinski definition) is 0. The van der Waals surface area contributed by atoms with Gasteiger partial charge in [-0.3, -0.25) is 9.59 Å². The Labute approximate surface area is 170 Å². The molecule has 0 N–H and O–H groups in total. The molecule has 4 rings (SSSR count). The molecule has 2 aromatic carbocycles. The number of aryl methyl sites for hydroxylation is 1. The summed E-state index contributed by atoms with van der Waals surface area (Å²) in [4.78, 5) is 38.5. The van der Waals surface area contributed by atoms with Gasteiger partial charge in [0.25, 0.3) is 11.5 Å². The van der Waals surface area contributed by atoms with Gasteiger partial charge in [0.2, 0.25) is 5.65 Å². The van der Waals surface area contributed by atoms with Crippen molar-refractivity contribution < 1.29 is 4.79 Å². The number of hydrogen-bond acceptors (Lipinski definition) is 4. The van der Waals surface area contributed by atoms with Crippen molar-refractivity contribution in [3.63, 3.8) is 0 Å². The summed E-state index contributed by atoms with van der Waals surface area (Å²) in [5.41, 5.74) is 0.551. The van der Waals surface area contributed by atoms with E-state index in [9.17, 15) is 14.4 Å². The first kappa shape index (κ1) is 18.9. The van der Waals surface area contributed by atoms with Gasteiger partial charge in [0.1, 0.15) is 0 Å². The number of carbonyl (C=O) groups excluding carboxylic acids is 1. The normalized spacial score (nSPS) is 11.7. The maximum atomic E-state index is 13.0. The van der Waals surface area contributed by atoms with Crippen molar-refractivity contribution in [3.8, 4) is 0 Å². The molecule has 0 radical (unpaired) electrons. The van der Waals surface area contributed by atoms with Crippen LogP contribution in [-0.2, 0) is 6.54 Å². The minimum absolute atomic E-state index is 0.0975. The average molecular weight is 409 g/mol. The largest absolute Gasteiger partial charge is 0.358 e. The second-order valence-corrected chi connectivity index (χ2v) is 6.96. The Morgan fingerprint density at radius 3 is 2.59 bits per heavy atom. The van der Waals surface area contributed by atoms with Crippen LogP contribution in [0.3, 0.4) is 0 Å². The zero-order valence-electron chi connectivity index (χ0n) is 15.6. The SMILES string of the molecule is CCCn1c(=O)c2nn(C(=O)/C=C/c3ccccc3)c(=O)n2c2ccc(Cl)cc21. The van der Waals surface area contributed by atoms with Gasteiger partial charge in [0.15, 0.2) is 0 Å². The Morgan fingerprint density at radius 1 is 1.10 bits per heavy atom. The molecular weight excluding hydrogens is 392 g/mol. The summed E-state index contributed by atoms with van der Waals surface area (Å²) in [6, 6.07) is 14.1. The quantitative estimate of drug-likeness (QED) is 0.486. The zero-order chi connectivity index (χ0) is 20.5. The van der Waals surface area contributed by atoms with Gasteiger partial charge in [-0.05, 0) is 36.3 Å². The van der Waals surface area contributed by atoms with Crippen LogP contribution in [0.4, 0.5) is 0 Å². The van der Waals surface area contributed by atoms with E-state index in [4.69, 9.17) is 11.6 Å². The van der Waals surface area contributed by atoms with Crippen LogP contribution in [0.2, 0.25) is 5.02 Å². The Balaban J connectivity index is 1.93. The molecule has 0 aliphatic carbocycles. The minimum atomic E-state index is -0.698. The number of fused-ring (bicyclic) bond motifs is 3. The molecule has 0 atom stereocenters. The van der Waals surface area contributed by atoms with E-state index in [-0.39, 0.29) is 5.65 Å². The van der Waals surface area contributed by atoms with Crippen molar-refractivity contribution in [2.24, 2.45) is 0 Å². The highest BCUT2D eigenvalue weighted by atomic mass is 35.5. The van der Waals surface area contributed by atoms with Crippen LogP contribution in [0.15, 0.2) is 64.2 Å². The Morgan fingerprint density at radius 2 is 1.86 bits per heavy atom. The monoisotopic (exact) mass is 408 g/mol. The van der Waals surface area contributed by atoms with E-state index in [1.807, 2.05) is 37.3 Å². The number of benzene rings is 2. The van der Waals surface area contributed by atoms with Crippen molar-refractivity contribution in [1.82, 2.24) is 18.7 Å². The van der Waals surface area contributed by atoms with Gasteiger partial charge in [-0.15, -0.1) is 9.78 Å². The van der Waals surface area contributed by atoms with E-state index in [0.717, 1.165) is 9.96 Å². The molecule has 0 saturated carbocycles. The molecule has 2 heterocycles. The number of rotatable bonds is 4. The molecule has 0 spiro atoms. The lowest BCUT2D eigenvalue weighted by Gasteiger charge is -2.10. The van der Waals surface area contributed by atoms with Gasteiger partial charge >= 0.3 is 5.69 Å². The summed E-state index contributed by atoms with van der Waals surface area (Å²) in [5, 5.41) is 4.49. The molecule has 0 aliphatic rings. The van der Waals surface area contributed by atoms with Gasteiger partial charge in [0.05, 0.1) is 11.0 Å². The fourth-order valence-corrected chi connectivity index (χ4v) is 3.41. The second-order valence-electron chi connectivity index (χ2n) is 6.53. The van der Waals surface area contributed by atoms with Crippen LogP contribution in [0.5, 0.6) is 0 Å². The third-order valence-corrected chi connectivity index (χ3v) is 4.79. The summed E-state index contributed by atoms with van der Waals surface area (Å²) in [5.74, 6) is -0.633. The van der Waals surface area contributed by atoms with E-state index in [0.29, 0.717) is 33.7 Å². The molecule has 8 heteroatoms. The van der Waals surface area contributed by atoms with Gasteiger partial charge < -0.3 is 4.57 Å². The predicted molar refractivity (Wildman–Crippen MR) is 113 cm³/mol. The van der Waals surface area contributed by atoms with Gasteiger partial charge in [-0.2, -0.15) is 0 Å². The number of nitrogens with zero attached hydrogens (tertiary/aromatic N) is 4. The Kier molecular flexibility index (Phi) is 4.90. The summed E-state index contributed by atoms with van der Waals surface area (Å²) in [6.07, 6.45) is 3.56. The zero-order valence-corrected chi connectivity index (χ0v) is 16.3. The van der Waals surface area contributed by atoms with Crippen LogP contribution in [0.1, 0.15) is 23.7 Å². The first-order valence-electron chi connectivity index (χ1n) is 9.12. The van der Waals surface area contributed by atoms with E-state index in [2.05, 4.69) is 5.10 Å². The van der Waals surface area contributed by atoms with Gasteiger partial charge in [-0.25, -0.2) is 9.20 Å². The number of aromatic nitrogens is 4. The van der Waals surface area contributed by atoms with Crippen LogP contribution < -0.4 is 11.2 Å². The average Bonchev–Trinajstić information content (AvgIpc) is 3.08. The van der Waals surface area contributed by atoms with Crippen LogP contribution in [0, 0.1) is 0 Å². The highest BCUT2D eigenvalue weighted by Gasteiger charge is 2.19. The molecule has 0 aliphatic heterocycles. The Bertz CT molecular complexity index is 1380. The molecule has 0 saturated heterocycles. The van der Waals surface area contributed by atoms with Crippen LogP contribution in [-0.4, -0.2) is 24.7 Å². The molecule has 2 aromatic heterocycles. The Hall–Kier alpha value is -3.45. The number of halogens is 1. The molecule has 7 nitrogen and oxygen atoms in total. The van der Waals surface area contributed by atoms with Gasteiger partial charge in [-0.1, -0.05) is 48.9 Å². The fraction of sp³-hybridized carbons (Fsp3) is 0.143. The minimum Gasteiger partial charge on any atom is -0.304 e. The maximum Gasteiger partial charge on any atom is 0.358 e.